The fourth-order valence-corrected chi connectivity index (χ4v) is 2.32. The molecule has 0 aliphatic heterocycles. The number of hydrogen-bond donors (Lipinski definition) is 2. The fourth-order valence-electron chi connectivity index (χ4n) is 2.32. The highest BCUT2D eigenvalue weighted by Crippen LogP contribution is 2.17. The van der Waals surface area contributed by atoms with Gasteiger partial charge in [0.25, 0.3) is 0 Å². The first-order chi connectivity index (χ1) is 11.9. The van der Waals surface area contributed by atoms with E-state index in [-0.39, 0.29) is 30.7 Å². The summed E-state index contributed by atoms with van der Waals surface area (Å²) in [4.78, 5) is 37.0. The number of nitrogens with one attached hydrogen (secondary N) is 2. The van der Waals surface area contributed by atoms with Crippen molar-refractivity contribution in [2.75, 3.05) is 33.9 Å². The van der Waals surface area contributed by atoms with E-state index in [1.807, 2.05) is 30.3 Å². The summed E-state index contributed by atoms with van der Waals surface area (Å²) in [6.45, 7) is 2.47. The first-order valence-electron chi connectivity index (χ1n) is 8.25. The maximum atomic E-state index is 12.4. The van der Waals surface area contributed by atoms with Crippen molar-refractivity contribution in [1.29, 1.82) is 0 Å². The van der Waals surface area contributed by atoms with E-state index < -0.39 is 6.04 Å². The molecule has 0 aromatic heterocycles. The van der Waals surface area contributed by atoms with Gasteiger partial charge in [0.1, 0.15) is 0 Å². The Morgan fingerprint density at radius 2 is 1.88 bits per heavy atom. The van der Waals surface area contributed by atoms with Gasteiger partial charge >= 0.3 is 0 Å². The summed E-state index contributed by atoms with van der Waals surface area (Å²) in [5.41, 5.74) is 0.850. The molecule has 1 aromatic rings. The predicted octanol–water partition coefficient (Wildman–Crippen LogP) is 0.865. The highest BCUT2D eigenvalue weighted by molar-refractivity contribution is 5.85. The zero-order valence-electron chi connectivity index (χ0n) is 15.1. The predicted molar refractivity (Wildman–Crippen MR) is 94.8 cm³/mol. The van der Waals surface area contributed by atoms with Crippen molar-refractivity contribution < 1.29 is 19.1 Å². The molecule has 138 valence electrons. The smallest absolute Gasteiger partial charge is 0.239 e. The summed E-state index contributed by atoms with van der Waals surface area (Å²) in [6, 6.07) is 8.87. The van der Waals surface area contributed by atoms with Gasteiger partial charge in [-0.05, 0) is 12.0 Å². The normalized spacial score (nSPS) is 11.5. The molecular formula is C18H27N3O4. The quantitative estimate of drug-likeness (QED) is 0.614. The molecule has 7 heteroatoms. The lowest BCUT2D eigenvalue weighted by Crippen LogP contribution is -2.40. The van der Waals surface area contributed by atoms with Crippen molar-refractivity contribution in [2.24, 2.45) is 0 Å². The van der Waals surface area contributed by atoms with E-state index in [0.29, 0.717) is 13.2 Å². The van der Waals surface area contributed by atoms with E-state index in [4.69, 9.17) is 4.74 Å². The Balaban J connectivity index is 2.55. The molecule has 0 spiro atoms. The van der Waals surface area contributed by atoms with Crippen LogP contribution in [0, 0.1) is 0 Å². The molecule has 0 heterocycles. The summed E-state index contributed by atoms with van der Waals surface area (Å²) in [7, 11) is 3.18. The van der Waals surface area contributed by atoms with Crippen molar-refractivity contribution in [2.45, 2.75) is 25.8 Å². The number of ether oxygens (including phenoxy) is 1. The molecule has 0 bridgehead atoms. The number of amides is 3. The van der Waals surface area contributed by atoms with Gasteiger partial charge in [0.2, 0.25) is 17.7 Å². The lowest BCUT2D eigenvalue weighted by molar-refractivity contribution is -0.135. The van der Waals surface area contributed by atoms with Crippen LogP contribution in [-0.2, 0) is 19.1 Å². The lowest BCUT2D eigenvalue weighted by Gasteiger charge is -2.22. The van der Waals surface area contributed by atoms with Gasteiger partial charge in [-0.2, -0.15) is 0 Å². The highest BCUT2D eigenvalue weighted by Gasteiger charge is 2.20. The molecule has 0 aliphatic carbocycles. The van der Waals surface area contributed by atoms with E-state index >= 15 is 0 Å². The van der Waals surface area contributed by atoms with Crippen LogP contribution in [0.5, 0.6) is 0 Å². The molecule has 0 aliphatic rings. The summed E-state index contributed by atoms with van der Waals surface area (Å²) in [5.74, 6) is -0.641. The van der Waals surface area contributed by atoms with Crippen molar-refractivity contribution in [3.8, 4) is 0 Å². The third-order valence-electron chi connectivity index (χ3n) is 3.61. The highest BCUT2D eigenvalue weighted by atomic mass is 16.5. The van der Waals surface area contributed by atoms with Gasteiger partial charge in [-0.1, -0.05) is 30.3 Å². The Morgan fingerprint density at radius 1 is 1.20 bits per heavy atom. The Labute approximate surface area is 148 Å². The van der Waals surface area contributed by atoms with E-state index in [2.05, 4.69) is 10.6 Å². The van der Waals surface area contributed by atoms with Gasteiger partial charge in [0.15, 0.2) is 0 Å². The number of nitrogens with zero attached hydrogens (tertiary/aromatic N) is 1. The number of methoxy groups -OCH3 is 1. The van der Waals surface area contributed by atoms with Gasteiger partial charge in [-0.15, -0.1) is 0 Å². The van der Waals surface area contributed by atoms with Crippen LogP contribution < -0.4 is 10.6 Å². The average Bonchev–Trinajstić information content (AvgIpc) is 2.58. The molecule has 1 atom stereocenters. The molecular weight excluding hydrogens is 322 g/mol. The Hall–Kier alpha value is -2.41. The molecule has 1 rings (SSSR count). The summed E-state index contributed by atoms with van der Waals surface area (Å²) >= 11 is 0. The first-order valence-corrected chi connectivity index (χ1v) is 8.25. The summed E-state index contributed by atoms with van der Waals surface area (Å²) in [6.07, 6.45) is 0.815. The standard InChI is InChI=1S/C18H27N3O4/c1-14(22)20-16(15-8-5-4-6-9-15)12-18(24)21(2)13-17(23)19-10-7-11-25-3/h4-6,8-9,16H,7,10-13H2,1-3H3,(H,19,23)(H,20,22). The number of likely N-dealkylation sites (N-methyl/N-ethyl adjacent to an activating group) is 1. The zero-order chi connectivity index (χ0) is 18.7. The average molecular weight is 349 g/mol. The maximum Gasteiger partial charge on any atom is 0.239 e. The van der Waals surface area contributed by atoms with Crippen molar-refractivity contribution in [3.63, 3.8) is 0 Å². The van der Waals surface area contributed by atoms with Gasteiger partial charge in [0, 0.05) is 34.2 Å². The van der Waals surface area contributed by atoms with Crippen LogP contribution in [0.4, 0.5) is 0 Å². The molecule has 0 radical (unpaired) electrons. The summed E-state index contributed by atoms with van der Waals surface area (Å²) < 4.78 is 4.91. The van der Waals surface area contributed by atoms with E-state index in [0.717, 1.165) is 12.0 Å². The minimum Gasteiger partial charge on any atom is -0.385 e. The van der Waals surface area contributed by atoms with Crippen LogP contribution in [0.3, 0.4) is 0 Å². The largest absolute Gasteiger partial charge is 0.385 e. The monoisotopic (exact) mass is 349 g/mol. The number of carbonyl (C=O) groups is 3. The second-order valence-electron chi connectivity index (χ2n) is 5.81. The SMILES string of the molecule is COCCCNC(=O)CN(C)C(=O)CC(NC(C)=O)c1ccccc1. The van der Waals surface area contributed by atoms with Crippen molar-refractivity contribution in [1.82, 2.24) is 15.5 Å². The van der Waals surface area contributed by atoms with Gasteiger partial charge in [-0.25, -0.2) is 0 Å². The Morgan fingerprint density at radius 3 is 2.48 bits per heavy atom. The second kappa shape index (κ2) is 11.2. The Bertz CT molecular complexity index is 563. The molecule has 0 fully saturated rings. The van der Waals surface area contributed by atoms with E-state index in [9.17, 15) is 14.4 Å². The van der Waals surface area contributed by atoms with Crippen LogP contribution in [0.25, 0.3) is 0 Å². The van der Waals surface area contributed by atoms with Crippen molar-refractivity contribution in [3.05, 3.63) is 35.9 Å². The zero-order valence-corrected chi connectivity index (χ0v) is 15.1. The number of hydrogen-bond acceptors (Lipinski definition) is 4. The summed E-state index contributed by atoms with van der Waals surface area (Å²) in [5, 5.41) is 5.52. The van der Waals surface area contributed by atoms with Crippen LogP contribution in [-0.4, -0.2) is 56.5 Å². The second-order valence-corrected chi connectivity index (χ2v) is 5.81. The van der Waals surface area contributed by atoms with E-state index in [1.54, 1.807) is 14.2 Å². The number of carbonyl (C=O) groups excluding carboxylic acids is 3. The van der Waals surface area contributed by atoms with Crippen LogP contribution in [0.2, 0.25) is 0 Å². The number of benzene rings is 1. The van der Waals surface area contributed by atoms with Gasteiger partial charge in [0.05, 0.1) is 19.0 Å². The fraction of sp³-hybridized carbons (Fsp3) is 0.500. The third-order valence-corrected chi connectivity index (χ3v) is 3.61. The van der Waals surface area contributed by atoms with Crippen LogP contribution >= 0.6 is 0 Å². The molecule has 0 saturated heterocycles. The lowest BCUT2D eigenvalue weighted by atomic mass is 10.0. The minimum atomic E-state index is -0.418. The topological polar surface area (TPSA) is 87.7 Å². The first kappa shape index (κ1) is 20.6. The van der Waals surface area contributed by atoms with Crippen molar-refractivity contribution >= 4 is 17.7 Å². The minimum absolute atomic E-state index is 0.0204. The van der Waals surface area contributed by atoms with Crippen LogP contribution in [0.15, 0.2) is 30.3 Å². The maximum absolute atomic E-state index is 12.4. The molecule has 25 heavy (non-hydrogen) atoms. The Kier molecular flexibility index (Phi) is 9.24. The van der Waals surface area contributed by atoms with Crippen LogP contribution in [0.1, 0.15) is 31.4 Å². The van der Waals surface area contributed by atoms with E-state index in [1.165, 1.54) is 11.8 Å². The molecule has 2 N–H and O–H groups in total. The van der Waals surface area contributed by atoms with Gasteiger partial charge in [-0.3, -0.25) is 14.4 Å². The third kappa shape index (κ3) is 8.30. The number of rotatable bonds is 10. The molecule has 3 amide bonds. The molecule has 7 nitrogen and oxygen atoms in total. The molecule has 1 unspecified atom stereocenters. The van der Waals surface area contributed by atoms with Gasteiger partial charge < -0.3 is 20.3 Å². The molecule has 0 saturated carbocycles. The molecule has 1 aromatic carbocycles.